The lowest BCUT2D eigenvalue weighted by Crippen LogP contribution is -3.08. The molecule has 0 bridgehead atoms. The summed E-state index contributed by atoms with van der Waals surface area (Å²) >= 11 is 0. The van der Waals surface area contributed by atoms with E-state index < -0.39 is 61.2 Å². The second-order valence-electron chi connectivity index (χ2n) is 15.0. The molecule has 0 aliphatic carbocycles. The number of benzene rings is 3. The number of aromatic hydroxyl groups is 1. The van der Waals surface area contributed by atoms with Gasteiger partial charge < -0.3 is 55.8 Å². The number of nitrogens with two attached hydrogens (primary N) is 2. The minimum absolute atomic E-state index is 0.0320. The molecule has 1 aromatic heterocycles. The number of aliphatic hydroxyl groups excluding tert-OH is 2. The van der Waals surface area contributed by atoms with Crippen LogP contribution in [0.3, 0.4) is 0 Å². The van der Waals surface area contributed by atoms with E-state index in [2.05, 4.69) is 15.3 Å². The molecule has 0 radical (unpaired) electrons. The van der Waals surface area contributed by atoms with Gasteiger partial charge in [-0.2, -0.15) is 9.90 Å². The van der Waals surface area contributed by atoms with Crippen LogP contribution in [0.15, 0.2) is 103 Å². The lowest BCUT2D eigenvalue weighted by molar-refractivity contribution is -1.04. The number of aliphatic carboxylic acids is 1. The summed E-state index contributed by atoms with van der Waals surface area (Å²) in [5, 5.41) is 46.4. The van der Waals surface area contributed by atoms with E-state index in [0.29, 0.717) is 28.6 Å². The Bertz CT molecular complexity index is 2480. The molecule has 0 spiro atoms. The number of esters is 1. The maximum Gasteiger partial charge on any atom is 0.322 e. The van der Waals surface area contributed by atoms with Gasteiger partial charge in [0.05, 0.1) is 10.9 Å². The molecule has 3 aromatic carbocycles. The Morgan fingerprint density at radius 3 is 2.46 bits per heavy atom. The maximum absolute atomic E-state index is 13.5. The van der Waals surface area contributed by atoms with Crippen molar-refractivity contribution in [3.63, 3.8) is 0 Å². The fourth-order valence-electron chi connectivity index (χ4n) is 7.73. The number of carbonyl (C=O) groups excluding carboxylic acids is 1. The highest BCUT2D eigenvalue weighted by molar-refractivity contribution is 5.95. The first-order valence-corrected chi connectivity index (χ1v) is 19.5. The number of hydroxylamine groups is 2. The van der Waals surface area contributed by atoms with Gasteiger partial charge in [-0.1, -0.05) is 29.3 Å². The first-order chi connectivity index (χ1) is 29.2. The third-order valence-electron chi connectivity index (χ3n) is 10.7. The highest BCUT2D eigenvalue weighted by atomic mass is 16.8. The van der Waals surface area contributed by atoms with Crippen molar-refractivity contribution in [2.45, 2.75) is 57.0 Å². The molecule has 0 amide bonds. The predicted molar refractivity (Wildman–Crippen MR) is 221 cm³/mol. The fourth-order valence-corrected chi connectivity index (χ4v) is 7.73. The molecule has 7 rings (SSSR count). The van der Waals surface area contributed by atoms with Crippen molar-refractivity contribution in [2.75, 3.05) is 26.7 Å². The van der Waals surface area contributed by atoms with E-state index in [-0.39, 0.29) is 52.4 Å². The molecule has 61 heavy (non-hydrogen) atoms. The number of hydrogen-bond acceptors (Lipinski definition) is 14. The highest BCUT2D eigenvalue weighted by Crippen LogP contribution is 2.32. The van der Waals surface area contributed by atoms with Crippen molar-refractivity contribution >= 4 is 40.8 Å². The number of aliphatic hydroxyl groups is 2. The monoisotopic (exact) mass is 839 g/mol. The summed E-state index contributed by atoms with van der Waals surface area (Å²) in [6.07, 6.45) is -2.79. The molecule has 0 saturated carbocycles. The van der Waals surface area contributed by atoms with Crippen LogP contribution >= 0.6 is 0 Å². The number of carboxylic acids is 1. The van der Waals surface area contributed by atoms with Crippen LogP contribution in [0.4, 0.5) is 0 Å². The van der Waals surface area contributed by atoms with Crippen LogP contribution in [0.5, 0.6) is 11.5 Å². The van der Waals surface area contributed by atoms with E-state index >= 15 is 0 Å². The molecule has 18 nitrogen and oxygen atoms in total. The number of allylic oxidation sites excluding steroid dienone is 1. The molecule has 320 valence electrons. The van der Waals surface area contributed by atoms with E-state index in [1.54, 1.807) is 18.3 Å². The predicted octanol–water partition coefficient (Wildman–Crippen LogP) is 0.682. The van der Waals surface area contributed by atoms with Gasteiger partial charge in [0.1, 0.15) is 60.5 Å². The topological polar surface area (TPSA) is 275 Å². The van der Waals surface area contributed by atoms with Crippen molar-refractivity contribution in [3.8, 4) is 22.6 Å². The number of phenolic OH excluding ortho intramolecular Hbond substituents is 1. The number of carbonyl (C=O) groups is 2. The Hall–Kier alpha value is -6.41. The quantitative estimate of drug-likeness (QED) is 0.0354. The number of ether oxygens (including phenoxy) is 3. The maximum atomic E-state index is 13.5. The molecule has 4 aromatic rings. The molecule has 1 unspecified atom stereocenters. The smallest absolute Gasteiger partial charge is 0.322 e. The third kappa shape index (κ3) is 9.19. The second kappa shape index (κ2) is 18.1. The van der Waals surface area contributed by atoms with Gasteiger partial charge in [-0.15, -0.1) is 0 Å². The van der Waals surface area contributed by atoms with Gasteiger partial charge in [-0.05, 0) is 75.4 Å². The molecule has 18 heteroatoms. The Kier molecular flexibility index (Phi) is 12.6. The average Bonchev–Trinajstić information content (AvgIpc) is 3.81. The Morgan fingerprint density at radius 1 is 1.03 bits per heavy atom. The van der Waals surface area contributed by atoms with Crippen molar-refractivity contribution in [2.24, 2.45) is 27.4 Å². The summed E-state index contributed by atoms with van der Waals surface area (Å²) in [7, 11) is 1.47. The zero-order chi connectivity index (χ0) is 43.5. The number of nitrogens with one attached hydrogen (secondary N) is 2. The normalized spacial score (nSPS) is 23.0. The van der Waals surface area contributed by atoms with Gasteiger partial charge >= 0.3 is 11.9 Å². The Labute approximate surface area is 349 Å². The van der Waals surface area contributed by atoms with E-state index in [0.717, 1.165) is 22.3 Å². The van der Waals surface area contributed by atoms with Crippen molar-refractivity contribution in [1.29, 1.82) is 0 Å². The zero-order valence-corrected chi connectivity index (χ0v) is 33.5. The number of aryl methyl sites for hydroxylation is 2. The van der Waals surface area contributed by atoms with Crippen LogP contribution in [0.2, 0.25) is 0 Å². The Balaban J connectivity index is 1.18. The molecule has 1 fully saturated rings. The summed E-state index contributed by atoms with van der Waals surface area (Å²) in [5.41, 5.74) is 16.6. The van der Waals surface area contributed by atoms with Gasteiger partial charge in [0.2, 0.25) is 12.4 Å². The summed E-state index contributed by atoms with van der Waals surface area (Å²) in [5.74, 6) is -4.33. The van der Waals surface area contributed by atoms with Crippen molar-refractivity contribution in [3.05, 3.63) is 111 Å². The first kappa shape index (κ1) is 42.7. The van der Waals surface area contributed by atoms with Gasteiger partial charge in [0.25, 0.3) is 0 Å². The second-order valence-corrected chi connectivity index (χ2v) is 15.0. The van der Waals surface area contributed by atoms with Crippen LogP contribution in [0.1, 0.15) is 23.1 Å². The number of fused-ring (bicyclic) bond motifs is 2. The minimum Gasteiger partial charge on any atom is -0.508 e. The molecule has 3 aliphatic heterocycles. The number of phenols is 1. The average molecular weight is 840 g/mol. The summed E-state index contributed by atoms with van der Waals surface area (Å²) in [6.45, 7) is 3.61. The number of nitrogens with zero attached hydrogens (tertiary/aromatic N) is 2. The molecule has 10 N–H and O–H groups in total. The van der Waals surface area contributed by atoms with Crippen LogP contribution in [-0.2, 0) is 23.9 Å². The van der Waals surface area contributed by atoms with Gasteiger partial charge in [0, 0.05) is 36.0 Å². The molecule has 1 saturated heterocycles. The molecule has 4 heterocycles. The van der Waals surface area contributed by atoms with Crippen LogP contribution in [-0.4, -0.2) is 108 Å². The number of carboxylic acid groups (broad SMARTS) is 1. The standard InChI is InChI=1S/C43H46N6O12/c1-21-14-22(2)16-25(15-21)35-34-24(10-12-47-34)18-49(35)61-39-38(53)37(52)32(20-58-41(56)33(40(54)55)30(46-3)11-13-48-43(44)45)60-42(39)59-27-8-9-28-31(17-27)57-19-29(36(28)51)23-4-6-26(50)7-5-23/h4-10,12,14-17,19,30,32-33,37-39,42,46,50,52-53H,11,13,18,20H2,1-3H3,(H,54,55)(H4,44,45,48)/p+1/t30-,32+,33+,37+,38-,39+,42+/m1/s1. The number of quaternary nitrogens is 1. The molecule has 8 atom stereocenters. The lowest BCUT2D eigenvalue weighted by atomic mass is 9.96. The van der Waals surface area contributed by atoms with Gasteiger partial charge in [0.15, 0.2) is 23.0 Å². The first-order valence-electron chi connectivity index (χ1n) is 19.5. The third-order valence-corrected chi connectivity index (χ3v) is 10.7. The number of aliphatic imine (C=N–C) groups is 2. The van der Waals surface area contributed by atoms with Crippen LogP contribution in [0.25, 0.3) is 27.8 Å². The van der Waals surface area contributed by atoms with E-state index in [9.17, 15) is 34.8 Å². The molecular weight excluding hydrogens is 793 g/mol. The van der Waals surface area contributed by atoms with Gasteiger partial charge in [-0.25, -0.2) is 4.99 Å². The van der Waals surface area contributed by atoms with E-state index in [4.69, 9.17) is 34.9 Å². The van der Waals surface area contributed by atoms with Crippen molar-refractivity contribution < 1.29 is 58.5 Å². The number of hydrogen-bond donors (Lipinski definition) is 8. The fraction of sp³-hybridized carbons (Fsp3) is 0.326. The van der Waals surface area contributed by atoms with Crippen molar-refractivity contribution in [1.82, 2.24) is 5.32 Å². The highest BCUT2D eigenvalue weighted by Gasteiger charge is 2.51. The molecule has 3 aliphatic rings. The number of guanidine groups is 1. The van der Waals surface area contributed by atoms with E-state index in [1.165, 1.54) is 43.6 Å². The molecular formula is C43H47N6O12+. The van der Waals surface area contributed by atoms with Crippen LogP contribution in [0, 0.1) is 19.8 Å². The van der Waals surface area contributed by atoms with Gasteiger partial charge in [-0.3, -0.25) is 19.4 Å². The minimum atomic E-state index is -1.72. The summed E-state index contributed by atoms with van der Waals surface area (Å²) in [4.78, 5) is 54.2. The SMILES string of the molecule is CN[C@H](CCN=C(N)N)[C@@H](C(=O)O)C(=O)OC[C@@H]1O[C@H](Oc2ccc3c(=O)c(-c4ccc(O)cc4)coc3c2)[C@@H](O[NH+]2CC3=CC=NC3=C2c2cc(C)cc(C)c2)[C@H](O)[C@H]1O. The lowest BCUT2D eigenvalue weighted by Gasteiger charge is -2.41. The largest absolute Gasteiger partial charge is 0.508 e. The van der Waals surface area contributed by atoms with Crippen LogP contribution < -0.4 is 32.0 Å². The zero-order valence-electron chi connectivity index (χ0n) is 33.5. The van der Waals surface area contributed by atoms with E-state index in [1.807, 2.05) is 38.1 Å². The number of rotatable bonds is 15. The Morgan fingerprint density at radius 2 is 1.77 bits per heavy atom. The summed E-state index contributed by atoms with van der Waals surface area (Å²) < 4.78 is 23.9. The summed E-state index contributed by atoms with van der Waals surface area (Å²) in [6, 6.07) is 15.7.